The number of anilines is 1. The molecule has 2 aromatic rings. The smallest absolute Gasteiger partial charge is 0.307 e. The molecule has 0 saturated carbocycles. The minimum Gasteiger partial charge on any atom is -0.307 e. The van der Waals surface area contributed by atoms with Crippen LogP contribution in [0.2, 0.25) is 0 Å². The number of aryl methyl sites for hydroxylation is 2. The van der Waals surface area contributed by atoms with E-state index in [2.05, 4.69) is 21.2 Å². The van der Waals surface area contributed by atoms with Gasteiger partial charge in [0.05, 0.1) is 6.20 Å². The van der Waals surface area contributed by atoms with E-state index in [9.17, 15) is 13.8 Å². The topological polar surface area (TPSA) is 149 Å². The summed E-state index contributed by atoms with van der Waals surface area (Å²) in [5.74, 6) is -0.714. The molecule has 1 unspecified atom stereocenters. The third-order valence-electron chi connectivity index (χ3n) is 5.32. The summed E-state index contributed by atoms with van der Waals surface area (Å²) in [5.41, 5.74) is 7.06. The van der Waals surface area contributed by atoms with Crippen LogP contribution in [-0.4, -0.2) is 31.1 Å². The Kier molecular flexibility index (Phi) is 5.01. The zero-order chi connectivity index (χ0) is 20.6. The summed E-state index contributed by atoms with van der Waals surface area (Å²) in [7, 11) is -3.67. The first-order valence-corrected chi connectivity index (χ1v) is 10.9. The summed E-state index contributed by atoms with van der Waals surface area (Å²) in [6, 6.07) is 1.54. The van der Waals surface area contributed by atoms with Crippen LogP contribution in [0, 0.1) is 4.78 Å². The van der Waals surface area contributed by atoms with Crippen molar-refractivity contribution in [2.45, 2.75) is 50.0 Å². The maximum atomic E-state index is 12.7. The van der Waals surface area contributed by atoms with E-state index in [1.165, 1.54) is 22.8 Å². The van der Waals surface area contributed by atoms with Gasteiger partial charge in [-0.25, -0.2) is 24.0 Å². The Morgan fingerprint density at radius 2 is 1.83 bits per heavy atom. The average molecular weight is 418 g/mol. The highest BCUT2D eigenvalue weighted by atomic mass is 32.2. The molecule has 10 nitrogen and oxygen atoms in total. The highest BCUT2D eigenvalue weighted by Crippen LogP contribution is 2.38. The van der Waals surface area contributed by atoms with Crippen molar-refractivity contribution in [3.05, 3.63) is 40.7 Å². The first-order valence-electron chi connectivity index (χ1n) is 9.37. The van der Waals surface area contributed by atoms with E-state index in [1.54, 1.807) is 0 Å². The van der Waals surface area contributed by atoms with Crippen LogP contribution in [0.5, 0.6) is 0 Å². The van der Waals surface area contributed by atoms with E-state index in [1.807, 2.05) is 0 Å². The maximum absolute atomic E-state index is 12.7. The van der Waals surface area contributed by atoms with Crippen molar-refractivity contribution in [2.75, 3.05) is 5.32 Å². The molecule has 0 aliphatic heterocycles. The molecule has 0 radical (unpaired) electrons. The van der Waals surface area contributed by atoms with Crippen molar-refractivity contribution in [1.82, 2.24) is 20.0 Å². The number of nitrogens with one attached hydrogen (secondary N) is 4. The molecule has 154 valence electrons. The van der Waals surface area contributed by atoms with Crippen molar-refractivity contribution in [3.8, 4) is 0 Å². The number of carbonyl (C=O) groups is 2. The lowest BCUT2D eigenvalue weighted by Gasteiger charge is -2.17. The van der Waals surface area contributed by atoms with Crippen LogP contribution in [0.4, 0.5) is 10.5 Å². The van der Waals surface area contributed by atoms with E-state index >= 15 is 0 Å². The predicted molar refractivity (Wildman–Crippen MR) is 104 cm³/mol. The van der Waals surface area contributed by atoms with Gasteiger partial charge in [-0.1, -0.05) is 6.07 Å². The van der Waals surface area contributed by atoms with Gasteiger partial charge in [0.15, 0.2) is 9.92 Å². The molecular formula is C18H22N6O4S. The number of carbonyl (C=O) groups excluding carboxylic acids is 2. The van der Waals surface area contributed by atoms with Crippen molar-refractivity contribution in [3.63, 3.8) is 0 Å². The molecule has 0 spiro atoms. The third kappa shape index (κ3) is 3.83. The Labute approximate surface area is 167 Å². The van der Waals surface area contributed by atoms with Crippen molar-refractivity contribution in [2.24, 2.45) is 0 Å². The number of hydrogen-bond acceptors (Lipinski definition) is 6. The normalized spacial score (nSPS) is 16.6. The molecule has 4 rings (SSSR count). The second-order valence-corrected chi connectivity index (χ2v) is 9.04. The number of rotatable bonds is 5. The Morgan fingerprint density at radius 1 is 1.17 bits per heavy atom. The molecule has 3 amide bonds. The van der Waals surface area contributed by atoms with Gasteiger partial charge in [-0.3, -0.25) is 14.7 Å². The van der Waals surface area contributed by atoms with Gasteiger partial charge >= 0.3 is 6.03 Å². The average Bonchev–Trinajstić information content (AvgIpc) is 3.41. The molecule has 1 atom stereocenters. The predicted octanol–water partition coefficient (Wildman–Crippen LogP) is 1.51. The summed E-state index contributed by atoms with van der Waals surface area (Å²) < 4.78 is 24.1. The molecule has 0 bridgehead atoms. The maximum Gasteiger partial charge on any atom is 0.331 e. The van der Waals surface area contributed by atoms with E-state index in [-0.39, 0.29) is 11.4 Å². The molecule has 1 aromatic heterocycles. The lowest BCUT2D eigenvalue weighted by Crippen LogP contribution is -2.34. The van der Waals surface area contributed by atoms with Crippen LogP contribution in [0.3, 0.4) is 0 Å². The zero-order valence-corrected chi connectivity index (χ0v) is 16.5. The van der Waals surface area contributed by atoms with Crippen molar-refractivity contribution >= 4 is 27.5 Å². The largest absolute Gasteiger partial charge is 0.331 e. The van der Waals surface area contributed by atoms with Gasteiger partial charge in [0.1, 0.15) is 11.4 Å². The summed E-state index contributed by atoms with van der Waals surface area (Å²) in [4.78, 5) is 23.7. The van der Waals surface area contributed by atoms with Crippen LogP contribution in [0.15, 0.2) is 23.4 Å². The lowest BCUT2D eigenvalue weighted by atomic mass is 9.99. The summed E-state index contributed by atoms with van der Waals surface area (Å²) in [6.07, 6.45) is 8.25. The molecule has 0 fully saturated rings. The van der Waals surface area contributed by atoms with E-state index in [4.69, 9.17) is 9.99 Å². The van der Waals surface area contributed by atoms with Crippen LogP contribution in [0.1, 0.15) is 35.1 Å². The molecule has 29 heavy (non-hydrogen) atoms. The van der Waals surface area contributed by atoms with Gasteiger partial charge < -0.3 is 5.32 Å². The molecule has 1 aromatic carbocycles. The lowest BCUT2D eigenvalue weighted by molar-refractivity contribution is -0.130. The standard InChI is InChI=1S/C18H22N6O4S/c19-29(28,13-8-20-24(9-13)10-16(25)22-27)23-18(26)21-17-14-5-1-3-11(14)7-12-4-2-6-15(12)17/h7-9,27H,1-6,10H2,(H,22,25)(H3,19,21,23,26,28). The van der Waals surface area contributed by atoms with Crippen LogP contribution in [0.25, 0.3) is 0 Å². The Bertz CT molecular complexity index is 1060. The van der Waals surface area contributed by atoms with E-state index < -0.39 is 21.9 Å². The first-order chi connectivity index (χ1) is 13.9. The second kappa shape index (κ2) is 7.48. The van der Waals surface area contributed by atoms with Crippen molar-refractivity contribution in [1.29, 1.82) is 4.78 Å². The van der Waals surface area contributed by atoms with Gasteiger partial charge in [0.25, 0.3) is 5.91 Å². The van der Waals surface area contributed by atoms with Crippen LogP contribution >= 0.6 is 0 Å². The fourth-order valence-corrected chi connectivity index (χ4v) is 4.95. The summed E-state index contributed by atoms with van der Waals surface area (Å²) in [5, 5.41) is 15.2. The minimum atomic E-state index is -3.67. The number of aromatic nitrogens is 2. The van der Waals surface area contributed by atoms with Crippen molar-refractivity contribution < 1.29 is 19.0 Å². The fourth-order valence-electron chi connectivity index (χ4n) is 4.06. The Hall–Kier alpha value is -2.92. The molecule has 0 saturated heterocycles. The van der Waals surface area contributed by atoms with E-state index in [0.717, 1.165) is 66.2 Å². The van der Waals surface area contributed by atoms with Gasteiger partial charge in [-0.15, -0.1) is 0 Å². The quantitative estimate of drug-likeness (QED) is 0.368. The minimum absolute atomic E-state index is 0.0399. The molecule has 2 aliphatic carbocycles. The van der Waals surface area contributed by atoms with Gasteiger partial charge in [0.2, 0.25) is 0 Å². The summed E-state index contributed by atoms with van der Waals surface area (Å²) in [6.45, 7) is -0.305. The van der Waals surface area contributed by atoms with Gasteiger partial charge in [-0.05, 0) is 60.8 Å². The van der Waals surface area contributed by atoms with Crippen LogP contribution < -0.4 is 15.5 Å². The monoisotopic (exact) mass is 418 g/mol. The van der Waals surface area contributed by atoms with Crippen LogP contribution in [-0.2, 0) is 46.9 Å². The molecule has 1 heterocycles. The second-order valence-electron chi connectivity index (χ2n) is 7.25. The highest BCUT2D eigenvalue weighted by molar-refractivity contribution is 7.91. The zero-order valence-electron chi connectivity index (χ0n) is 15.7. The highest BCUT2D eigenvalue weighted by Gasteiger charge is 2.26. The molecule has 5 N–H and O–H groups in total. The molecular weight excluding hydrogens is 396 g/mol. The molecule has 11 heteroatoms. The number of benzene rings is 1. The van der Waals surface area contributed by atoms with Gasteiger partial charge in [0, 0.05) is 11.9 Å². The van der Waals surface area contributed by atoms with Gasteiger partial charge in [-0.2, -0.15) is 5.10 Å². The number of hydrogen-bond donors (Lipinski definition) is 5. The third-order valence-corrected chi connectivity index (χ3v) is 6.67. The Balaban J connectivity index is 1.51. The Morgan fingerprint density at radius 3 is 2.45 bits per heavy atom. The SMILES string of the molecule is N=S(=O)(NC(=O)Nc1c2c(cc3c1CCC3)CCC2)c1cnn(CC(=O)NO)c1. The first kappa shape index (κ1) is 19.4. The number of fused-ring (bicyclic) bond motifs is 2. The number of amides is 3. The fraction of sp³-hybridized carbons (Fsp3) is 0.389. The number of urea groups is 1. The summed E-state index contributed by atoms with van der Waals surface area (Å²) >= 11 is 0. The van der Waals surface area contributed by atoms with E-state index in [0.29, 0.717) is 0 Å². The molecule has 2 aliphatic rings. The number of hydroxylamine groups is 1. The number of nitrogens with zero attached hydrogens (tertiary/aromatic N) is 2.